The summed E-state index contributed by atoms with van der Waals surface area (Å²) in [6.45, 7) is 8.17. The number of carbonyl (C=O) groups is 1. The van der Waals surface area contributed by atoms with E-state index in [4.69, 9.17) is 14.2 Å². The van der Waals surface area contributed by atoms with Crippen molar-refractivity contribution in [3.8, 4) is 0 Å². The Morgan fingerprint density at radius 2 is 2.06 bits per heavy atom. The maximum Gasteiger partial charge on any atom is 0.373 e. The van der Waals surface area contributed by atoms with E-state index in [2.05, 4.69) is 13.8 Å². The second-order valence-electron chi connectivity index (χ2n) is 6.22. The summed E-state index contributed by atoms with van der Waals surface area (Å²) < 4.78 is 16.6. The Hall–Kier alpha value is -1.03. The Bertz CT molecular complexity index is 381. The molecule has 0 radical (unpaired) electrons. The van der Waals surface area contributed by atoms with Crippen LogP contribution in [0.2, 0.25) is 0 Å². The van der Waals surface area contributed by atoms with Crippen molar-refractivity contribution < 1.29 is 19.0 Å². The average molecular weight is 254 g/mol. The number of rotatable bonds is 1. The third-order valence-corrected chi connectivity index (χ3v) is 3.88. The van der Waals surface area contributed by atoms with Crippen LogP contribution < -0.4 is 0 Å². The second-order valence-corrected chi connectivity index (χ2v) is 6.22. The van der Waals surface area contributed by atoms with Gasteiger partial charge in [-0.3, -0.25) is 0 Å². The molecule has 0 saturated carbocycles. The van der Waals surface area contributed by atoms with Crippen LogP contribution in [0, 0.1) is 5.92 Å². The van der Waals surface area contributed by atoms with Gasteiger partial charge in [-0.2, -0.15) is 0 Å². The van der Waals surface area contributed by atoms with E-state index in [1.54, 1.807) is 6.08 Å². The predicted molar refractivity (Wildman–Crippen MR) is 66.9 cm³/mol. The molecule has 4 nitrogen and oxygen atoms in total. The molecule has 0 aliphatic carbocycles. The molecule has 0 unspecified atom stereocenters. The summed E-state index contributed by atoms with van der Waals surface area (Å²) in [5.74, 6) is 0.105. The minimum atomic E-state index is -0.437. The van der Waals surface area contributed by atoms with Gasteiger partial charge < -0.3 is 14.2 Å². The average Bonchev–Trinajstić information content (AvgIpc) is 2.24. The molecule has 0 spiro atoms. The molecule has 0 aromatic heterocycles. The van der Waals surface area contributed by atoms with Crippen molar-refractivity contribution in [3.63, 3.8) is 0 Å². The molecule has 2 rings (SSSR count). The predicted octanol–water partition coefficient (Wildman–Crippen LogP) is 2.43. The number of ether oxygens (including phenoxy) is 3. The van der Waals surface area contributed by atoms with E-state index in [0.29, 0.717) is 0 Å². The molecule has 2 atom stereocenters. The molecule has 102 valence electrons. The number of hydrogen-bond donors (Lipinski definition) is 0. The van der Waals surface area contributed by atoms with Crippen molar-refractivity contribution in [2.24, 2.45) is 5.92 Å². The van der Waals surface area contributed by atoms with E-state index in [1.165, 1.54) is 7.11 Å². The highest BCUT2D eigenvalue weighted by atomic mass is 16.6. The molecule has 2 heterocycles. The maximum atomic E-state index is 11.6. The van der Waals surface area contributed by atoms with Crippen molar-refractivity contribution in [1.82, 2.24) is 0 Å². The number of hydrogen-bond acceptors (Lipinski definition) is 4. The van der Waals surface area contributed by atoms with Gasteiger partial charge in [-0.15, -0.1) is 0 Å². The van der Waals surface area contributed by atoms with Crippen LogP contribution in [0.25, 0.3) is 0 Å². The van der Waals surface area contributed by atoms with E-state index in [9.17, 15) is 4.79 Å². The third kappa shape index (κ3) is 2.39. The van der Waals surface area contributed by atoms with E-state index < -0.39 is 11.6 Å². The topological polar surface area (TPSA) is 44.8 Å². The molecule has 0 N–H and O–H groups in total. The summed E-state index contributed by atoms with van der Waals surface area (Å²) in [7, 11) is 1.36. The number of fused-ring (bicyclic) bond motifs is 1. The Labute approximate surface area is 108 Å². The summed E-state index contributed by atoms with van der Waals surface area (Å²) in [5.41, 5.74) is -0.550. The summed E-state index contributed by atoms with van der Waals surface area (Å²) >= 11 is 0. The SMILES string of the molecule is COC(=O)C1=C[C@H]2OC(C)(C)CC[C@@H]2C(C)(C)O1. The molecule has 1 saturated heterocycles. The van der Waals surface area contributed by atoms with Crippen LogP contribution in [0.15, 0.2) is 11.8 Å². The molecule has 0 bridgehead atoms. The summed E-state index contributed by atoms with van der Waals surface area (Å²) in [4.78, 5) is 11.6. The molecule has 18 heavy (non-hydrogen) atoms. The van der Waals surface area contributed by atoms with Crippen LogP contribution in [0.4, 0.5) is 0 Å². The van der Waals surface area contributed by atoms with Gasteiger partial charge in [0.15, 0.2) is 0 Å². The third-order valence-electron chi connectivity index (χ3n) is 3.88. The minimum Gasteiger partial charge on any atom is -0.480 e. The zero-order valence-corrected chi connectivity index (χ0v) is 11.8. The van der Waals surface area contributed by atoms with Crippen LogP contribution in [-0.4, -0.2) is 30.4 Å². The second kappa shape index (κ2) is 4.26. The van der Waals surface area contributed by atoms with Crippen LogP contribution in [0.5, 0.6) is 0 Å². The number of esters is 1. The van der Waals surface area contributed by atoms with Crippen molar-refractivity contribution in [2.45, 2.75) is 57.8 Å². The van der Waals surface area contributed by atoms with Gasteiger partial charge >= 0.3 is 5.97 Å². The molecule has 1 fully saturated rings. The molecule has 0 amide bonds. The smallest absolute Gasteiger partial charge is 0.373 e. The van der Waals surface area contributed by atoms with Crippen molar-refractivity contribution in [1.29, 1.82) is 0 Å². The molecular weight excluding hydrogens is 232 g/mol. The fourth-order valence-electron chi connectivity index (χ4n) is 2.82. The van der Waals surface area contributed by atoms with Gasteiger partial charge in [0, 0.05) is 5.92 Å². The van der Waals surface area contributed by atoms with Crippen LogP contribution >= 0.6 is 0 Å². The summed E-state index contributed by atoms with van der Waals surface area (Å²) in [5, 5.41) is 0. The lowest BCUT2D eigenvalue weighted by atomic mass is 9.76. The van der Waals surface area contributed by atoms with Crippen LogP contribution in [0.3, 0.4) is 0 Å². The highest BCUT2D eigenvalue weighted by Gasteiger charge is 2.47. The first-order valence-electron chi connectivity index (χ1n) is 6.42. The number of carbonyl (C=O) groups excluding carboxylic acids is 1. The first-order chi connectivity index (χ1) is 8.25. The van der Waals surface area contributed by atoms with E-state index in [1.807, 2.05) is 13.8 Å². The molecule has 0 aromatic carbocycles. The van der Waals surface area contributed by atoms with Crippen molar-refractivity contribution in [3.05, 3.63) is 11.8 Å². The standard InChI is InChI=1S/C14H22O4/c1-13(2)7-6-9-10(17-13)8-11(12(15)16-5)18-14(9,3)4/h8-10H,6-7H2,1-5H3/t9-,10+/m0/s1. The molecular formula is C14H22O4. The molecule has 4 heteroatoms. The maximum absolute atomic E-state index is 11.6. The Morgan fingerprint density at radius 1 is 1.39 bits per heavy atom. The zero-order valence-electron chi connectivity index (χ0n) is 11.8. The van der Waals surface area contributed by atoms with Crippen LogP contribution in [0.1, 0.15) is 40.5 Å². The van der Waals surface area contributed by atoms with Gasteiger partial charge in [-0.05, 0) is 46.6 Å². The fraction of sp³-hybridized carbons (Fsp3) is 0.786. The van der Waals surface area contributed by atoms with Crippen molar-refractivity contribution in [2.75, 3.05) is 7.11 Å². The van der Waals surface area contributed by atoms with Gasteiger partial charge in [-0.25, -0.2) is 4.79 Å². The van der Waals surface area contributed by atoms with Gasteiger partial charge in [0.1, 0.15) is 5.60 Å². The highest BCUT2D eigenvalue weighted by molar-refractivity contribution is 5.86. The van der Waals surface area contributed by atoms with Gasteiger partial charge in [-0.1, -0.05) is 0 Å². The fourth-order valence-corrected chi connectivity index (χ4v) is 2.82. The molecule has 2 aliphatic heterocycles. The minimum absolute atomic E-state index is 0.0772. The van der Waals surface area contributed by atoms with E-state index in [0.717, 1.165) is 12.8 Å². The zero-order chi connectivity index (χ0) is 13.6. The molecule has 0 aromatic rings. The lowest BCUT2D eigenvalue weighted by Gasteiger charge is -2.48. The summed E-state index contributed by atoms with van der Waals surface area (Å²) in [6.07, 6.45) is 3.73. The monoisotopic (exact) mass is 254 g/mol. The number of methoxy groups -OCH3 is 1. The first kappa shape index (κ1) is 13.4. The molecule has 2 aliphatic rings. The lowest BCUT2D eigenvalue weighted by Crippen LogP contribution is -2.52. The summed E-state index contributed by atoms with van der Waals surface area (Å²) in [6, 6.07) is 0. The Kier molecular flexibility index (Phi) is 3.18. The highest BCUT2D eigenvalue weighted by Crippen LogP contribution is 2.43. The van der Waals surface area contributed by atoms with Gasteiger partial charge in [0.25, 0.3) is 0 Å². The Morgan fingerprint density at radius 3 is 2.67 bits per heavy atom. The normalized spacial score (nSPS) is 32.8. The lowest BCUT2D eigenvalue weighted by molar-refractivity contribution is -0.182. The quantitative estimate of drug-likeness (QED) is 0.674. The first-order valence-corrected chi connectivity index (χ1v) is 6.42. The van der Waals surface area contributed by atoms with E-state index in [-0.39, 0.29) is 23.4 Å². The van der Waals surface area contributed by atoms with E-state index >= 15 is 0 Å². The van der Waals surface area contributed by atoms with Crippen molar-refractivity contribution >= 4 is 5.97 Å². The Balaban J connectivity index is 2.29. The van der Waals surface area contributed by atoms with Gasteiger partial charge in [0.2, 0.25) is 5.76 Å². The van der Waals surface area contributed by atoms with Crippen LogP contribution in [-0.2, 0) is 19.0 Å². The van der Waals surface area contributed by atoms with Gasteiger partial charge in [0.05, 0.1) is 18.8 Å². The largest absolute Gasteiger partial charge is 0.480 e.